The van der Waals surface area contributed by atoms with E-state index < -0.39 is 5.41 Å². The van der Waals surface area contributed by atoms with Gasteiger partial charge in [0.15, 0.2) is 0 Å². The minimum absolute atomic E-state index is 0.00894. The van der Waals surface area contributed by atoms with Crippen LogP contribution in [0.4, 0.5) is 0 Å². The molecule has 2 atom stereocenters. The van der Waals surface area contributed by atoms with E-state index in [0.29, 0.717) is 19.8 Å². The summed E-state index contributed by atoms with van der Waals surface area (Å²) in [6.45, 7) is 10.6. The summed E-state index contributed by atoms with van der Waals surface area (Å²) in [6.07, 6.45) is 0. The van der Waals surface area contributed by atoms with Gasteiger partial charge < -0.3 is 20.7 Å². The molecule has 1 aliphatic rings. The first-order valence-electron chi connectivity index (χ1n) is 6.38. The van der Waals surface area contributed by atoms with Crippen molar-refractivity contribution in [2.24, 2.45) is 11.1 Å². The summed E-state index contributed by atoms with van der Waals surface area (Å²) < 4.78 is 5.27. The second-order valence-electron chi connectivity index (χ2n) is 4.82. The molecule has 0 spiro atoms. The molecule has 1 heterocycles. The number of amides is 1. The number of nitrogens with one attached hydrogen (secondary N) is 1. The maximum Gasteiger partial charge on any atom is 0.229 e. The van der Waals surface area contributed by atoms with Crippen LogP contribution in [0.1, 0.15) is 20.8 Å². The number of carbonyl (C=O) groups excluding carboxylic acids is 1. The molecule has 1 rings (SSSR count). The van der Waals surface area contributed by atoms with Crippen molar-refractivity contribution in [3.8, 4) is 0 Å². The molecule has 1 fully saturated rings. The van der Waals surface area contributed by atoms with Crippen LogP contribution in [0, 0.1) is 5.41 Å². The van der Waals surface area contributed by atoms with Gasteiger partial charge >= 0.3 is 0 Å². The fraction of sp³-hybridized carbons (Fsp3) is 0.917. The molecule has 0 aromatic heterocycles. The van der Waals surface area contributed by atoms with Crippen molar-refractivity contribution in [1.82, 2.24) is 10.2 Å². The second kappa shape index (κ2) is 6.33. The second-order valence-corrected chi connectivity index (χ2v) is 4.82. The topological polar surface area (TPSA) is 67.6 Å². The average Bonchev–Trinajstić information content (AvgIpc) is 2.66. The minimum atomic E-state index is -0.566. The molecular formula is C12H25N3O2. The van der Waals surface area contributed by atoms with Crippen molar-refractivity contribution >= 4 is 5.91 Å². The number of nitrogens with zero attached hydrogens (tertiary/aromatic N) is 1. The summed E-state index contributed by atoms with van der Waals surface area (Å²) in [7, 11) is 0. The van der Waals surface area contributed by atoms with Gasteiger partial charge in [-0.3, -0.25) is 4.79 Å². The highest BCUT2D eigenvalue weighted by Gasteiger charge is 2.44. The maximum absolute atomic E-state index is 12.0. The lowest BCUT2D eigenvalue weighted by atomic mass is 9.85. The quantitative estimate of drug-likeness (QED) is 0.678. The Balaban J connectivity index is 2.34. The van der Waals surface area contributed by atoms with Gasteiger partial charge in [-0.05, 0) is 20.0 Å². The van der Waals surface area contributed by atoms with E-state index in [1.165, 1.54) is 0 Å². The van der Waals surface area contributed by atoms with Crippen molar-refractivity contribution in [3.05, 3.63) is 0 Å². The predicted molar refractivity (Wildman–Crippen MR) is 67.7 cm³/mol. The Bertz CT molecular complexity index is 256. The van der Waals surface area contributed by atoms with Crippen LogP contribution in [0.25, 0.3) is 0 Å². The Morgan fingerprint density at radius 1 is 1.53 bits per heavy atom. The standard InChI is InChI=1S/C12H25N3O2/c1-4-15(5-2)7-6-14-11(16)12(3)9-17-8-10(12)13/h10H,4-9,13H2,1-3H3,(H,14,16). The number of ether oxygens (including phenoxy) is 1. The Morgan fingerprint density at radius 3 is 2.65 bits per heavy atom. The van der Waals surface area contributed by atoms with E-state index in [0.717, 1.165) is 19.6 Å². The number of nitrogens with two attached hydrogens (primary N) is 1. The van der Waals surface area contributed by atoms with Crippen LogP contribution in [0.15, 0.2) is 0 Å². The van der Waals surface area contributed by atoms with Crippen LogP contribution in [0.3, 0.4) is 0 Å². The van der Waals surface area contributed by atoms with E-state index in [4.69, 9.17) is 10.5 Å². The Labute approximate surface area is 104 Å². The fourth-order valence-electron chi connectivity index (χ4n) is 1.99. The summed E-state index contributed by atoms with van der Waals surface area (Å²) >= 11 is 0. The van der Waals surface area contributed by atoms with Gasteiger partial charge in [-0.25, -0.2) is 0 Å². The van der Waals surface area contributed by atoms with Crippen LogP contribution in [0.2, 0.25) is 0 Å². The highest BCUT2D eigenvalue weighted by Crippen LogP contribution is 2.26. The lowest BCUT2D eigenvalue weighted by Gasteiger charge is -2.26. The number of carbonyl (C=O) groups is 1. The average molecular weight is 243 g/mol. The molecule has 100 valence electrons. The molecule has 1 aliphatic heterocycles. The van der Waals surface area contributed by atoms with Gasteiger partial charge in [0, 0.05) is 19.1 Å². The van der Waals surface area contributed by atoms with Crippen LogP contribution in [0.5, 0.6) is 0 Å². The van der Waals surface area contributed by atoms with Crippen molar-refractivity contribution in [2.45, 2.75) is 26.8 Å². The van der Waals surface area contributed by atoms with Crippen LogP contribution in [-0.2, 0) is 9.53 Å². The van der Waals surface area contributed by atoms with Crippen LogP contribution in [-0.4, -0.2) is 56.2 Å². The first kappa shape index (κ1) is 14.4. The van der Waals surface area contributed by atoms with E-state index in [1.54, 1.807) is 0 Å². The van der Waals surface area contributed by atoms with Crippen molar-refractivity contribution in [1.29, 1.82) is 0 Å². The number of rotatable bonds is 6. The molecule has 2 unspecified atom stereocenters. The van der Waals surface area contributed by atoms with Gasteiger partial charge in [-0.1, -0.05) is 13.8 Å². The Kier molecular flexibility index (Phi) is 5.36. The molecular weight excluding hydrogens is 218 g/mol. The van der Waals surface area contributed by atoms with Gasteiger partial charge in [0.1, 0.15) is 0 Å². The molecule has 0 aromatic rings. The third-order valence-electron chi connectivity index (χ3n) is 3.64. The molecule has 0 radical (unpaired) electrons. The molecule has 3 N–H and O–H groups in total. The van der Waals surface area contributed by atoms with Gasteiger partial charge in [-0.15, -0.1) is 0 Å². The zero-order valence-corrected chi connectivity index (χ0v) is 11.2. The number of hydrogen-bond donors (Lipinski definition) is 2. The van der Waals surface area contributed by atoms with Crippen LogP contribution >= 0.6 is 0 Å². The lowest BCUT2D eigenvalue weighted by molar-refractivity contribution is -0.130. The van der Waals surface area contributed by atoms with E-state index in [-0.39, 0.29) is 11.9 Å². The number of hydrogen-bond acceptors (Lipinski definition) is 4. The smallest absolute Gasteiger partial charge is 0.229 e. The molecule has 17 heavy (non-hydrogen) atoms. The lowest BCUT2D eigenvalue weighted by Crippen LogP contribution is -2.51. The molecule has 0 aliphatic carbocycles. The van der Waals surface area contributed by atoms with E-state index >= 15 is 0 Å². The first-order chi connectivity index (χ1) is 8.04. The highest BCUT2D eigenvalue weighted by atomic mass is 16.5. The van der Waals surface area contributed by atoms with Crippen LogP contribution < -0.4 is 11.1 Å². The van der Waals surface area contributed by atoms with Gasteiger partial charge in [0.25, 0.3) is 0 Å². The molecule has 1 amide bonds. The molecule has 0 saturated carbocycles. The third-order valence-corrected chi connectivity index (χ3v) is 3.64. The fourth-order valence-corrected chi connectivity index (χ4v) is 1.99. The molecule has 0 bridgehead atoms. The largest absolute Gasteiger partial charge is 0.379 e. The third kappa shape index (κ3) is 3.40. The SMILES string of the molecule is CCN(CC)CCNC(=O)C1(C)COCC1N. The monoisotopic (exact) mass is 243 g/mol. The van der Waals surface area contributed by atoms with Gasteiger partial charge in [0.2, 0.25) is 5.91 Å². The van der Waals surface area contributed by atoms with Crippen molar-refractivity contribution in [2.75, 3.05) is 39.4 Å². The molecule has 5 nitrogen and oxygen atoms in total. The van der Waals surface area contributed by atoms with Gasteiger partial charge in [-0.2, -0.15) is 0 Å². The summed E-state index contributed by atoms with van der Waals surface area (Å²) in [5.74, 6) is 0.00894. The number of likely N-dealkylation sites (N-methyl/N-ethyl adjacent to an activating group) is 1. The highest BCUT2D eigenvalue weighted by molar-refractivity contribution is 5.83. The molecule has 1 saturated heterocycles. The molecule has 0 aromatic carbocycles. The van der Waals surface area contributed by atoms with E-state index in [9.17, 15) is 4.79 Å². The summed E-state index contributed by atoms with van der Waals surface area (Å²) in [5, 5.41) is 2.95. The zero-order valence-electron chi connectivity index (χ0n) is 11.2. The van der Waals surface area contributed by atoms with Gasteiger partial charge in [0.05, 0.1) is 18.6 Å². The maximum atomic E-state index is 12.0. The normalized spacial score (nSPS) is 28.6. The first-order valence-corrected chi connectivity index (χ1v) is 6.38. The van der Waals surface area contributed by atoms with E-state index in [2.05, 4.69) is 24.1 Å². The Morgan fingerprint density at radius 2 is 2.18 bits per heavy atom. The predicted octanol–water partition coefficient (Wildman–Crippen LogP) is -0.192. The molecule has 5 heteroatoms. The minimum Gasteiger partial charge on any atom is -0.379 e. The van der Waals surface area contributed by atoms with Crippen molar-refractivity contribution in [3.63, 3.8) is 0 Å². The zero-order chi connectivity index (χ0) is 12.9. The Hall–Kier alpha value is -0.650. The summed E-state index contributed by atoms with van der Waals surface area (Å²) in [6, 6.07) is -0.198. The van der Waals surface area contributed by atoms with Crippen molar-refractivity contribution < 1.29 is 9.53 Å². The van der Waals surface area contributed by atoms with E-state index in [1.807, 2.05) is 6.92 Å². The summed E-state index contributed by atoms with van der Waals surface area (Å²) in [5.41, 5.74) is 5.34. The summed E-state index contributed by atoms with van der Waals surface area (Å²) in [4.78, 5) is 14.3.